The Balaban J connectivity index is 1.70. The van der Waals surface area contributed by atoms with E-state index >= 15 is 0 Å². The number of rotatable bonds is 5. The number of methoxy groups -OCH3 is 1. The molecule has 2 atom stereocenters. The van der Waals surface area contributed by atoms with Crippen molar-refractivity contribution in [2.24, 2.45) is 0 Å². The number of nitrogens with zero attached hydrogens (tertiary/aromatic N) is 2. The van der Waals surface area contributed by atoms with Crippen molar-refractivity contribution >= 4 is 11.9 Å². The number of carbonyl (C=O) groups is 1. The molecule has 1 aromatic heterocycles. The van der Waals surface area contributed by atoms with Crippen molar-refractivity contribution in [2.45, 2.75) is 57.0 Å². The van der Waals surface area contributed by atoms with Crippen LogP contribution >= 0.6 is 0 Å². The van der Waals surface area contributed by atoms with Gasteiger partial charge < -0.3 is 25.2 Å². The SMILES string of the molecule is COc1cc(C(F)(F)F)ccc1-c1nnc(N[C@@H]2CCCC[C@H]2NC(=O)O)c2c1COCC2. The Kier molecular flexibility index (Phi) is 6.59. The summed E-state index contributed by atoms with van der Waals surface area (Å²) >= 11 is 0. The van der Waals surface area contributed by atoms with E-state index in [0.717, 1.165) is 48.9 Å². The van der Waals surface area contributed by atoms with Gasteiger partial charge in [-0.15, -0.1) is 10.2 Å². The van der Waals surface area contributed by atoms with Crippen molar-refractivity contribution in [1.82, 2.24) is 15.5 Å². The number of nitrogens with one attached hydrogen (secondary N) is 2. The maximum Gasteiger partial charge on any atom is 0.416 e. The average molecular weight is 466 g/mol. The molecule has 2 aromatic rings. The lowest BCUT2D eigenvalue weighted by Crippen LogP contribution is -2.48. The van der Waals surface area contributed by atoms with E-state index in [1.54, 1.807) is 0 Å². The highest BCUT2D eigenvalue weighted by Crippen LogP contribution is 2.39. The van der Waals surface area contributed by atoms with Crippen LogP contribution in [0.15, 0.2) is 18.2 Å². The standard InChI is InChI=1S/C22H25F3N4O4/c1-32-18-10-12(22(23,24)25)6-7-14(18)19-15-11-33-9-8-13(15)20(29-28-19)26-16-4-2-3-5-17(16)27-21(30)31/h6-7,10,16-17,27H,2-5,8-9,11H2,1H3,(H,26,29)(H,30,31)/t16-,17-/m1/s1. The van der Waals surface area contributed by atoms with Gasteiger partial charge in [-0.1, -0.05) is 12.8 Å². The summed E-state index contributed by atoms with van der Waals surface area (Å²) in [7, 11) is 1.31. The van der Waals surface area contributed by atoms with Crippen molar-refractivity contribution in [3.8, 4) is 17.0 Å². The summed E-state index contributed by atoms with van der Waals surface area (Å²) in [5, 5.41) is 23.8. The number of amides is 1. The normalized spacial score (nSPS) is 20.6. The van der Waals surface area contributed by atoms with Gasteiger partial charge in [-0.2, -0.15) is 13.2 Å². The van der Waals surface area contributed by atoms with E-state index in [4.69, 9.17) is 14.6 Å². The minimum Gasteiger partial charge on any atom is -0.496 e. The molecule has 2 aliphatic rings. The number of fused-ring (bicyclic) bond motifs is 1. The van der Waals surface area contributed by atoms with Gasteiger partial charge in [0.2, 0.25) is 0 Å². The molecule has 0 radical (unpaired) electrons. The highest BCUT2D eigenvalue weighted by atomic mass is 19.4. The molecule has 178 valence electrons. The fourth-order valence-corrected chi connectivity index (χ4v) is 4.49. The molecule has 0 bridgehead atoms. The molecule has 0 saturated heterocycles. The van der Waals surface area contributed by atoms with Crippen LogP contribution in [0.25, 0.3) is 11.3 Å². The lowest BCUT2D eigenvalue weighted by molar-refractivity contribution is -0.137. The summed E-state index contributed by atoms with van der Waals surface area (Å²) in [4.78, 5) is 11.2. The third-order valence-corrected chi connectivity index (χ3v) is 6.11. The number of aromatic nitrogens is 2. The van der Waals surface area contributed by atoms with Crippen LogP contribution in [0, 0.1) is 0 Å². The second-order valence-corrected chi connectivity index (χ2v) is 8.16. The number of hydrogen-bond acceptors (Lipinski definition) is 6. The lowest BCUT2D eigenvalue weighted by Gasteiger charge is -2.33. The molecule has 1 aliphatic carbocycles. The van der Waals surface area contributed by atoms with Gasteiger partial charge in [0.1, 0.15) is 11.4 Å². The first kappa shape index (κ1) is 23.1. The molecule has 8 nitrogen and oxygen atoms in total. The zero-order chi connectivity index (χ0) is 23.6. The van der Waals surface area contributed by atoms with E-state index in [0.29, 0.717) is 30.1 Å². The first-order valence-electron chi connectivity index (χ1n) is 10.8. The summed E-state index contributed by atoms with van der Waals surface area (Å²) in [5.41, 5.74) is 1.59. The van der Waals surface area contributed by atoms with E-state index in [9.17, 15) is 18.0 Å². The van der Waals surface area contributed by atoms with Crippen LogP contribution in [0.4, 0.5) is 23.8 Å². The zero-order valence-corrected chi connectivity index (χ0v) is 18.0. The van der Waals surface area contributed by atoms with Gasteiger partial charge in [-0.05, 0) is 37.5 Å². The number of hydrogen-bond donors (Lipinski definition) is 3. The second kappa shape index (κ2) is 9.42. The molecule has 0 spiro atoms. The number of benzene rings is 1. The molecule has 1 aromatic carbocycles. The maximum atomic E-state index is 13.1. The van der Waals surface area contributed by atoms with Crippen molar-refractivity contribution in [3.63, 3.8) is 0 Å². The zero-order valence-electron chi connectivity index (χ0n) is 18.0. The van der Waals surface area contributed by atoms with Gasteiger partial charge in [-0.3, -0.25) is 0 Å². The smallest absolute Gasteiger partial charge is 0.416 e. The number of halogens is 3. The molecule has 0 unspecified atom stereocenters. The molecule has 1 amide bonds. The summed E-state index contributed by atoms with van der Waals surface area (Å²) < 4.78 is 50.3. The molecule has 1 aliphatic heterocycles. The number of carboxylic acid groups (broad SMARTS) is 1. The maximum absolute atomic E-state index is 13.1. The van der Waals surface area contributed by atoms with Gasteiger partial charge in [0.05, 0.1) is 31.9 Å². The van der Waals surface area contributed by atoms with Crippen molar-refractivity contribution in [2.75, 3.05) is 19.0 Å². The Labute approximate surface area is 188 Å². The first-order chi connectivity index (χ1) is 15.8. The monoisotopic (exact) mass is 466 g/mol. The average Bonchev–Trinajstić information content (AvgIpc) is 2.79. The van der Waals surface area contributed by atoms with Crippen LogP contribution in [0.3, 0.4) is 0 Å². The Bertz CT molecular complexity index is 1030. The topological polar surface area (TPSA) is 106 Å². The van der Waals surface area contributed by atoms with Gasteiger partial charge in [-0.25, -0.2) is 4.79 Å². The molecular weight excluding hydrogens is 441 g/mol. The van der Waals surface area contributed by atoms with Crippen LogP contribution in [0.5, 0.6) is 5.75 Å². The largest absolute Gasteiger partial charge is 0.496 e. The van der Waals surface area contributed by atoms with E-state index in [1.165, 1.54) is 13.2 Å². The van der Waals surface area contributed by atoms with Crippen LogP contribution in [0.1, 0.15) is 42.4 Å². The Morgan fingerprint density at radius 3 is 2.64 bits per heavy atom. The first-order valence-corrected chi connectivity index (χ1v) is 10.8. The highest BCUT2D eigenvalue weighted by Gasteiger charge is 2.33. The van der Waals surface area contributed by atoms with Crippen molar-refractivity contribution in [1.29, 1.82) is 0 Å². The Hall–Kier alpha value is -3.08. The third kappa shape index (κ3) is 4.97. The Morgan fingerprint density at radius 1 is 1.18 bits per heavy atom. The summed E-state index contributed by atoms with van der Waals surface area (Å²) in [6.45, 7) is 0.707. The molecule has 1 fully saturated rings. The fraction of sp³-hybridized carbons (Fsp3) is 0.500. The van der Waals surface area contributed by atoms with Gasteiger partial charge >= 0.3 is 12.3 Å². The van der Waals surface area contributed by atoms with E-state index in [-0.39, 0.29) is 24.4 Å². The van der Waals surface area contributed by atoms with E-state index < -0.39 is 17.8 Å². The van der Waals surface area contributed by atoms with Crippen LogP contribution in [-0.4, -0.2) is 47.2 Å². The fourth-order valence-electron chi connectivity index (χ4n) is 4.49. The quantitative estimate of drug-likeness (QED) is 0.606. The molecular formula is C22H25F3N4O4. The molecule has 3 N–H and O–H groups in total. The summed E-state index contributed by atoms with van der Waals surface area (Å²) in [6, 6.07) is 2.89. The van der Waals surface area contributed by atoms with Gasteiger partial charge in [0.25, 0.3) is 0 Å². The van der Waals surface area contributed by atoms with Crippen LogP contribution in [-0.2, 0) is 23.9 Å². The predicted octanol–water partition coefficient (Wildman–Crippen LogP) is 4.23. The Morgan fingerprint density at radius 2 is 1.94 bits per heavy atom. The number of ether oxygens (including phenoxy) is 2. The number of anilines is 1. The third-order valence-electron chi connectivity index (χ3n) is 6.11. The predicted molar refractivity (Wildman–Crippen MR) is 113 cm³/mol. The van der Waals surface area contributed by atoms with Crippen LogP contribution < -0.4 is 15.4 Å². The molecule has 1 saturated carbocycles. The van der Waals surface area contributed by atoms with Crippen molar-refractivity contribution < 1.29 is 32.5 Å². The summed E-state index contributed by atoms with van der Waals surface area (Å²) in [5.74, 6) is 0.595. The van der Waals surface area contributed by atoms with Crippen LogP contribution in [0.2, 0.25) is 0 Å². The molecule has 4 rings (SSSR count). The lowest BCUT2D eigenvalue weighted by atomic mass is 9.90. The highest BCUT2D eigenvalue weighted by molar-refractivity contribution is 5.73. The van der Waals surface area contributed by atoms with Gasteiger partial charge in [0, 0.05) is 22.7 Å². The van der Waals surface area contributed by atoms with Crippen molar-refractivity contribution in [3.05, 3.63) is 34.9 Å². The molecule has 33 heavy (non-hydrogen) atoms. The second-order valence-electron chi connectivity index (χ2n) is 8.16. The van der Waals surface area contributed by atoms with E-state index in [1.807, 2.05) is 0 Å². The minimum atomic E-state index is -4.49. The molecule has 11 heteroatoms. The minimum absolute atomic E-state index is 0.0469. The number of alkyl halides is 3. The summed E-state index contributed by atoms with van der Waals surface area (Å²) in [6.07, 6.45) is -1.60. The van der Waals surface area contributed by atoms with E-state index in [2.05, 4.69) is 20.8 Å². The molecule has 2 heterocycles. The van der Waals surface area contributed by atoms with Gasteiger partial charge in [0.15, 0.2) is 5.82 Å².